The number of ether oxygens (including phenoxy) is 1. The number of carbonyl (C=O) groups excluding carboxylic acids is 1. The van der Waals surface area contributed by atoms with Crippen LogP contribution in [0.2, 0.25) is 0 Å². The van der Waals surface area contributed by atoms with Gasteiger partial charge < -0.3 is 4.74 Å². The molecule has 0 bridgehead atoms. The Morgan fingerprint density at radius 3 is 2.21 bits per heavy atom. The SMILES string of the molecule is Cc1ccc(S(=O)(=O)N(C)c2ccc(C(=O)N/N=C\c3ccc(OCC(C)C)cc3)cc2)cc1. The molecule has 3 rings (SSSR count). The fourth-order valence-electron chi connectivity index (χ4n) is 2.97. The molecule has 178 valence electrons. The Balaban J connectivity index is 1.60. The number of anilines is 1. The molecule has 0 spiro atoms. The number of hydrogen-bond donors (Lipinski definition) is 1. The summed E-state index contributed by atoms with van der Waals surface area (Å²) in [4.78, 5) is 12.6. The first-order valence-electron chi connectivity index (χ1n) is 10.9. The summed E-state index contributed by atoms with van der Waals surface area (Å²) in [5, 5.41) is 3.99. The van der Waals surface area contributed by atoms with E-state index in [9.17, 15) is 13.2 Å². The van der Waals surface area contributed by atoms with Crippen LogP contribution < -0.4 is 14.5 Å². The standard InChI is InChI=1S/C26H29N3O4S/c1-19(2)18-33-24-13-7-21(8-14-24)17-27-28-26(30)22-9-11-23(12-10-22)29(4)34(31,32)25-15-5-20(3)6-16-25/h5-17,19H,18H2,1-4H3,(H,28,30)/b27-17-. The van der Waals surface area contributed by atoms with E-state index in [0.717, 1.165) is 16.9 Å². The van der Waals surface area contributed by atoms with Crippen LogP contribution in [-0.4, -0.2) is 34.2 Å². The van der Waals surface area contributed by atoms with Gasteiger partial charge in [-0.05, 0) is 79.1 Å². The summed E-state index contributed by atoms with van der Waals surface area (Å²) in [6.07, 6.45) is 1.54. The molecule has 1 amide bonds. The maximum Gasteiger partial charge on any atom is 0.271 e. The Hall–Kier alpha value is -3.65. The predicted molar refractivity (Wildman–Crippen MR) is 135 cm³/mol. The van der Waals surface area contributed by atoms with Crippen LogP contribution in [-0.2, 0) is 10.0 Å². The van der Waals surface area contributed by atoms with E-state index in [2.05, 4.69) is 24.4 Å². The molecular formula is C26H29N3O4S. The highest BCUT2D eigenvalue weighted by Gasteiger charge is 2.21. The minimum Gasteiger partial charge on any atom is -0.493 e. The quantitative estimate of drug-likeness (QED) is 0.358. The third-order valence-electron chi connectivity index (χ3n) is 5.02. The summed E-state index contributed by atoms with van der Waals surface area (Å²) in [5.41, 5.74) is 5.08. The maximum absolute atomic E-state index is 12.8. The zero-order valence-electron chi connectivity index (χ0n) is 19.7. The van der Waals surface area contributed by atoms with Crippen LogP contribution in [0.15, 0.2) is 82.8 Å². The molecule has 0 fully saturated rings. The van der Waals surface area contributed by atoms with Gasteiger partial charge in [-0.1, -0.05) is 31.5 Å². The number of nitrogens with zero attached hydrogens (tertiary/aromatic N) is 2. The average Bonchev–Trinajstić information content (AvgIpc) is 2.83. The van der Waals surface area contributed by atoms with Crippen molar-refractivity contribution in [2.24, 2.45) is 11.0 Å². The number of benzene rings is 3. The third kappa shape index (κ3) is 6.45. The van der Waals surface area contributed by atoms with Gasteiger partial charge in [-0.2, -0.15) is 5.10 Å². The highest BCUT2D eigenvalue weighted by Crippen LogP contribution is 2.22. The van der Waals surface area contributed by atoms with Crippen LogP contribution in [0.1, 0.15) is 35.3 Å². The Morgan fingerprint density at radius 2 is 1.62 bits per heavy atom. The summed E-state index contributed by atoms with van der Waals surface area (Å²) >= 11 is 0. The van der Waals surface area contributed by atoms with Crippen molar-refractivity contribution >= 4 is 27.8 Å². The minimum absolute atomic E-state index is 0.205. The molecule has 7 nitrogen and oxygen atoms in total. The topological polar surface area (TPSA) is 88.1 Å². The fourth-order valence-corrected chi connectivity index (χ4v) is 4.17. The number of aryl methyl sites for hydroxylation is 1. The second kappa shape index (κ2) is 11.0. The van der Waals surface area contributed by atoms with Crippen molar-refractivity contribution in [2.75, 3.05) is 18.0 Å². The Labute approximate surface area is 201 Å². The number of nitrogens with one attached hydrogen (secondary N) is 1. The lowest BCUT2D eigenvalue weighted by molar-refractivity contribution is 0.0955. The lowest BCUT2D eigenvalue weighted by atomic mass is 10.2. The molecular weight excluding hydrogens is 450 g/mol. The van der Waals surface area contributed by atoms with E-state index in [4.69, 9.17) is 4.74 Å². The molecule has 0 unspecified atom stereocenters. The molecule has 0 saturated heterocycles. The summed E-state index contributed by atoms with van der Waals surface area (Å²) in [7, 11) is -2.22. The summed E-state index contributed by atoms with van der Waals surface area (Å²) in [6.45, 7) is 6.72. The van der Waals surface area contributed by atoms with Crippen molar-refractivity contribution in [3.8, 4) is 5.75 Å². The van der Waals surface area contributed by atoms with Gasteiger partial charge in [0.05, 0.1) is 23.4 Å². The molecule has 0 atom stereocenters. The van der Waals surface area contributed by atoms with Crippen molar-refractivity contribution < 1.29 is 17.9 Å². The van der Waals surface area contributed by atoms with Gasteiger partial charge in [0.15, 0.2) is 0 Å². The maximum atomic E-state index is 12.8. The van der Waals surface area contributed by atoms with Gasteiger partial charge in [-0.3, -0.25) is 9.10 Å². The lowest BCUT2D eigenvalue weighted by Gasteiger charge is -2.19. The van der Waals surface area contributed by atoms with Crippen LogP contribution in [0, 0.1) is 12.8 Å². The molecule has 0 radical (unpaired) electrons. The number of hydrazone groups is 1. The van der Waals surface area contributed by atoms with E-state index in [-0.39, 0.29) is 4.90 Å². The van der Waals surface area contributed by atoms with E-state index in [1.54, 1.807) is 54.7 Å². The van der Waals surface area contributed by atoms with Crippen molar-refractivity contribution in [3.05, 3.63) is 89.5 Å². The largest absolute Gasteiger partial charge is 0.493 e. The second-order valence-corrected chi connectivity index (χ2v) is 10.3. The van der Waals surface area contributed by atoms with Gasteiger partial charge in [0, 0.05) is 12.6 Å². The van der Waals surface area contributed by atoms with Crippen LogP contribution in [0.25, 0.3) is 0 Å². The summed E-state index contributed by atoms with van der Waals surface area (Å²) < 4.78 is 32.5. The zero-order valence-corrected chi connectivity index (χ0v) is 20.5. The smallest absolute Gasteiger partial charge is 0.271 e. The Kier molecular flexibility index (Phi) is 8.07. The molecule has 1 N–H and O–H groups in total. The van der Waals surface area contributed by atoms with Gasteiger partial charge >= 0.3 is 0 Å². The molecule has 0 heterocycles. The van der Waals surface area contributed by atoms with Crippen LogP contribution in [0.4, 0.5) is 5.69 Å². The molecule has 0 aliphatic rings. The molecule has 3 aromatic carbocycles. The van der Waals surface area contributed by atoms with Gasteiger partial charge in [0.25, 0.3) is 15.9 Å². The van der Waals surface area contributed by atoms with Gasteiger partial charge in [-0.25, -0.2) is 13.8 Å². The molecule has 3 aromatic rings. The monoisotopic (exact) mass is 479 g/mol. The number of carbonyl (C=O) groups is 1. The number of hydrogen-bond acceptors (Lipinski definition) is 5. The highest BCUT2D eigenvalue weighted by atomic mass is 32.2. The van der Waals surface area contributed by atoms with Gasteiger partial charge in [-0.15, -0.1) is 0 Å². The first-order valence-corrected chi connectivity index (χ1v) is 12.3. The summed E-state index contributed by atoms with van der Waals surface area (Å²) in [6, 6.07) is 20.4. The van der Waals surface area contributed by atoms with Crippen molar-refractivity contribution in [1.29, 1.82) is 0 Å². The first kappa shape index (κ1) is 25.0. The van der Waals surface area contributed by atoms with E-state index < -0.39 is 15.9 Å². The summed E-state index contributed by atoms with van der Waals surface area (Å²) in [5.74, 6) is 0.830. The van der Waals surface area contributed by atoms with Crippen LogP contribution >= 0.6 is 0 Å². The van der Waals surface area contributed by atoms with E-state index >= 15 is 0 Å². The second-order valence-electron chi connectivity index (χ2n) is 8.31. The fraction of sp³-hybridized carbons (Fsp3) is 0.231. The van der Waals surface area contributed by atoms with E-state index in [0.29, 0.717) is 23.8 Å². The number of sulfonamides is 1. The minimum atomic E-state index is -3.70. The molecule has 8 heteroatoms. The van der Waals surface area contributed by atoms with E-state index in [1.807, 2.05) is 31.2 Å². The van der Waals surface area contributed by atoms with Crippen molar-refractivity contribution in [3.63, 3.8) is 0 Å². The lowest BCUT2D eigenvalue weighted by Crippen LogP contribution is -2.26. The van der Waals surface area contributed by atoms with Crippen LogP contribution in [0.3, 0.4) is 0 Å². The molecule has 34 heavy (non-hydrogen) atoms. The van der Waals surface area contributed by atoms with Crippen LogP contribution in [0.5, 0.6) is 5.75 Å². The first-order chi connectivity index (χ1) is 16.2. The molecule has 0 aromatic heterocycles. The molecule has 0 aliphatic carbocycles. The predicted octanol–water partition coefficient (Wildman–Crippen LogP) is 4.62. The number of rotatable bonds is 9. The average molecular weight is 480 g/mol. The Morgan fingerprint density at radius 1 is 1.00 bits per heavy atom. The number of amides is 1. The van der Waals surface area contributed by atoms with Crippen molar-refractivity contribution in [1.82, 2.24) is 5.43 Å². The van der Waals surface area contributed by atoms with Gasteiger partial charge in [0.1, 0.15) is 5.75 Å². The normalized spacial score (nSPS) is 11.6. The van der Waals surface area contributed by atoms with Crippen molar-refractivity contribution in [2.45, 2.75) is 25.7 Å². The molecule has 0 aliphatic heterocycles. The van der Waals surface area contributed by atoms with Gasteiger partial charge in [0.2, 0.25) is 0 Å². The molecule has 0 saturated carbocycles. The third-order valence-corrected chi connectivity index (χ3v) is 6.82. The highest BCUT2D eigenvalue weighted by molar-refractivity contribution is 7.92. The zero-order chi connectivity index (χ0) is 24.7. The Bertz CT molecular complexity index is 1230. The van der Waals surface area contributed by atoms with E-state index in [1.165, 1.54) is 11.4 Å².